The van der Waals surface area contributed by atoms with E-state index >= 15 is 0 Å². The molecule has 14 heteroatoms. The number of rotatable bonds is 10. The SMILES string of the molecule is CC(C)(C)OC(=O)NCCO.COc1ccc(-n2nc(C(F)F)cc2-c2ccc(OCCNC(=O)OC(C)(C)C)cc2)cn1. The number of amides is 2. The van der Waals surface area contributed by atoms with Crippen LogP contribution in [0.3, 0.4) is 0 Å². The molecular weight excluding hydrogens is 580 g/mol. The molecule has 2 aromatic heterocycles. The molecule has 242 valence electrons. The molecule has 3 N–H and O–H groups in total. The average Bonchev–Trinajstić information content (AvgIpc) is 3.39. The first-order valence-corrected chi connectivity index (χ1v) is 13.8. The minimum Gasteiger partial charge on any atom is -0.492 e. The number of hydrogen-bond donors (Lipinski definition) is 3. The van der Waals surface area contributed by atoms with Crippen LogP contribution in [0.1, 0.15) is 53.7 Å². The fourth-order valence-electron chi connectivity index (χ4n) is 3.36. The van der Waals surface area contributed by atoms with E-state index in [2.05, 4.69) is 20.7 Å². The highest BCUT2D eigenvalue weighted by atomic mass is 19.3. The van der Waals surface area contributed by atoms with Crippen molar-refractivity contribution in [3.63, 3.8) is 0 Å². The van der Waals surface area contributed by atoms with E-state index in [1.807, 2.05) is 0 Å². The van der Waals surface area contributed by atoms with Crippen LogP contribution in [-0.2, 0) is 9.47 Å². The highest BCUT2D eigenvalue weighted by Crippen LogP contribution is 2.29. The van der Waals surface area contributed by atoms with Crippen molar-refractivity contribution in [1.29, 1.82) is 0 Å². The monoisotopic (exact) mass is 621 g/mol. The maximum atomic E-state index is 13.3. The first-order valence-electron chi connectivity index (χ1n) is 13.8. The van der Waals surface area contributed by atoms with Gasteiger partial charge in [0.05, 0.1) is 37.8 Å². The van der Waals surface area contributed by atoms with Crippen LogP contribution in [0.2, 0.25) is 0 Å². The smallest absolute Gasteiger partial charge is 0.407 e. The predicted octanol–water partition coefficient (Wildman–Crippen LogP) is 5.29. The molecule has 12 nitrogen and oxygen atoms in total. The lowest BCUT2D eigenvalue weighted by molar-refractivity contribution is 0.0508. The predicted molar refractivity (Wildman–Crippen MR) is 159 cm³/mol. The third-order valence-corrected chi connectivity index (χ3v) is 5.10. The molecule has 0 aliphatic rings. The van der Waals surface area contributed by atoms with Crippen molar-refractivity contribution < 1.29 is 42.4 Å². The van der Waals surface area contributed by atoms with Gasteiger partial charge in [-0.15, -0.1) is 0 Å². The van der Waals surface area contributed by atoms with E-state index in [9.17, 15) is 18.4 Å². The van der Waals surface area contributed by atoms with Gasteiger partial charge >= 0.3 is 12.2 Å². The number of alkyl halides is 2. The Bertz CT molecular complexity index is 1320. The fraction of sp³-hybridized carbons (Fsp3) is 0.467. The van der Waals surface area contributed by atoms with E-state index in [1.165, 1.54) is 24.1 Å². The number of hydrogen-bond acceptors (Lipinski definition) is 9. The van der Waals surface area contributed by atoms with Crippen LogP contribution < -0.4 is 20.1 Å². The zero-order chi connectivity index (χ0) is 32.9. The number of aliphatic hydroxyl groups is 1. The van der Waals surface area contributed by atoms with Gasteiger partial charge in [0.15, 0.2) is 0 Å². The second-order valence-electron chi connectivity index (χ2n) is 11.2. The lowest BCUT2D eigenvalue weighted by atomic mass is 10.1. The summed E-state index contributed by atoms with van der Waals surface area (Å²) >= 11 is 0. The van der Waals surface area contributed by atoms with Crippen LogP contribution in [0.4, 0.5) is 18.4 Å². The number of carbonyl (C=O) groups is 2. The molecule has 2 amide bonds. The number of carbonyl (C=O) groups excluding carboxylic acids is 2. The average molecular weight is 622 g/mol. The first-order chi connectivity index (χ1) is 20.6. The molecule has 44 heavy (non-hydrogen) atoms. The Morgan fingerprint density at radius 2 is 1.52 bits per heavy atom. The van der Waals surface area contributed by atoms with Gasteiger partial charge < -0.3 is 34.7 Å². The van der Waals surface area contributed by atoms with Crippen molar-refractivity contribution >= 4 is 12.2 Å². The molecule has 0 radical (unpaired) electrons. The quantitative estimate of drug-likeness (QED) is 0.257. The largest absolute Gasteiger partial charge is 0.492 e. The van der Waals surface area contributed by atoms with Crippen molar-refractivity contribution in [2.24, 2.45) is 0 Å². The van der Waals surface area contributed by atoms with Crippen LogP contribution in [0.15, 0.2) is 48.7 Å². The lowest BCUT2D eigenvalue weighted by Crippen LogP contribution is -2.34. The van der Waals surface area contributed by atoms with Crippen LogP contribution in [0.5, 0.6) is 11.6 Å². The van der Waals surface area contributed by atoms with Gasteiger partial charge in [0.2, 0.25) is 5.88 Å². The van der Waals surface area contributed by atoms with Crippen LogP contribution in [0, 0.1) is 0 Å². The van der Waals surface area contributed by atoms with Crippen LogP contribution in [0.25, 0.3) is 16.9 Å². The molecule has 1 aromatic carbocycles. The van der Waals surface area contributed by atoms with Crippen molar-refractivity contribution in [1.82, 2.24) is 25.4 Å². The van der Waals surface area contributed by atoms with Gasteiger partial charge in [-0.25, -0.2) is 28.0 Å². The van der Waals surface area contributed by atoms with Gasteiger partial charge in [-0.2, -0.15) is 5.10 Å². The number of halogens is 2. The topological polar surface area (TPSA) is 146 Å². The summed E-state index contributed by atoms with van der Waals surface area (Å²) in [7, 11) is 1.49. The number of pyridine rings is 1. The Hall–Kier alpha value is -4.46. The summed E-state index contributed by atoms with van der Waals surface area (Å²) < 4.78 is 48.8. The second-order valence-corrected chi connectivity index (χ2v) is 11.2. The van der Waals surface area contributed by atoms with Gasteiger partial charge in [0, 0.05) is 18.2 Å². The molecule has 0 fully saturated rings. The lowest BCUT2D eigenvalue weighted by Gasteiger charge is -2.19. The molecule has 0 aliphatic carbocycles. The summed E-state index contributed by atoms with van der Waals surface area (Å²) in [4.78, 5) is 26.5. The van der Waals surface area contributed by atoms with Gasteiger partial charge in [-0.05, 0) is 77.9 Å². The number of ether oxygens (including phenoxy) is 4. The standard InChI is InChI=1S/C23H26F2N4O4.C7H15NO3/c1-23(2,3)33-22(30)26-11-12-32-17-8-5-15(6-9-17)19-13-18(21(24)25)28-29(19)16-7-10-20(31-4)27-14-16;1-7(2,3)11-6(10)8-4-5-9/h5-10,13-14,21H,11-12H2,1-4H3,(H,26,30);9H,4-5H2,1-3H3,(H,8,10). The van der Waals surface area contributed by atoms with Crippen LogP contribution >= 0.6 is 0 Å². The second kappa shape index (κ2) is 16.4. The maximum absolute atomic E-state index is 13.3. The number of alkyl carbamates (subject to hydrolysis) is 2. The zero-order valence-corrected chi connectivity index (χ0v) is 26.0. The van der Waals surface area contributed by atoms with Gasteiger partial charge in [0.1, 0.15) is 29.3 Å². The Morgan fingerprint density at radius 3 is 2.00 bits per heavy atom. The highest BCUT2D eigenvalue weighted by molar-refractivity contribution is 5.68. The Morgan fingerprint density at radius 1 is 0.932 bits per heavy atom. The Balaban J connectivity index is 0.000000523. The Labute approximate surface area is 255 Å². The number of nitrogens with one attached hydrogen (secondary N) is 2. The fourth-order valence-corrected chi connectivity index (χ4v) is 3.36. The molecule has 0 aliphatic heterocycles. The zero-order valence-electron chi connectivity index (χ0n) is 26.0. The molecule has 0 saturated heterocycles. The molecule has 3 aromatic rings. The van der Waals surface area contributed by atoms with Gasteiger partial charge in [-0.3, -0.25) is 0 Å². The molecule has 0 atom stereocenters. The van der Waals surface area contributed by atoms with E-state index in [1.54, 1.807) is 77.9 Å². The third-order valence-electron chi connectivity index (χ3n) is 5.10. The summed E-state index contributed by atoms with van der Waals surface area (Å²) in [5.41, 5.74) is 0.291. The summed E-state index contributed by atoms with van der Waals surface area (Å²) in [5.74, 6) is 0.972. The summed E-state index contributed by atoms with van der Waals surface area (Å²) in [6.07, 6.45) is -2.22. The van der Waals surface area contributed by atoms with E-state index in [0.717, 1.165) is 0 Å². The van der Waals surface area contributed by atoms with Crippen molar-refractivity contribution in [2.75, 3.05) is 33.4 Å². The van der Waals surface area contributed by atoms with Crippen molar-refractivity contribution in [3.05, 3.63) is 54.4 Å². The molecular formula is C30H41F2N5O7. The molecule has 2 heterocycles. The van der Waals surface area contributed by atoms with Crippen LogP contribution in [-0.4, -0.2) is 76.7 Å². The molecule has 0 bridgehead atoms. The van der Waals surface area contributed by atoms with E-state index in [4.69, 9.17) is 24.1 Å². The van der Waals surface area contributed by atoms with E-state index < -0.39 is 29.8 Å². The molecule has 3 rings (SSSR count). The minimum absolute atomic E-state index is 0.0702. The number of aliphatic hydroxyl groups excluding tert-OH is 1. The summed E-state index contributed by atoms with van der Waals surface area (Å²) in [6, 6.07) is 11.6. The summed E-state index contributed by atoms with van der Waals surface area (Å²) in [5, 5.41) is 17.4. The number of aromatic nitrogens is 3. The third kappa shape index (κ3) is 12.8. The van der Waals surface area contributed by atoms with E-state index in [-0.39, 0.29) is 32.0 Å². The molecule has 0 unspecified atom stereocenters. The van der Waals surface area contributed by atoms with Gasteiger partial charge in [-0.1, -0.05) is 0 Å². The van der Waals surface area contributed by atoms with Crippen molar-refractivity contribution in [2.45, 2.75) is 59.2 Å². The maximum Gasteiger partial charge on any atom is 0.407 e. The number of nitrogens with zero attached hydrogens (tertiary/aromatic N) is 3. The first kappa shape index (κ1) is 35.7. The minimum atomic E-state index is -2.71. The highest BCUT2D eigenvalue weighted by Gasteiger charge is 2.19. The van der Waals surface area contributed by atoms with Gasteiger partial charge in [0.25, 0.3) is 6.43 Å². The normalized spacial score (nSPS) is 11.2. The Kier molecular flexibility index (Phi) is 13.3. The van der Waals surface area contributed by atoms with Crippen molar-refractivity contribution in [3.8, 4) is 28.6 Å². The van der Waals surface area contributed by atoms with E-state index in [0.29, 0.717) is 28.6 Å². The summed E-state index contributed by atoms with van der Waals surface area (Å²) in [6.45, 7) is 11.4. The number of methoxy groups -OCH3 is 1. The molecule has 0 saturated carbocycles. The molecule has 0 spiro atoms. The number of benzene rings is 1.